The van der Waals surface area contributed by atoms with Gasteiger partial charge in [0, 0.05) is 24.2 Å². The molecular formula is C23H29N5O5. The third kappa shape index (κ3) is 6.42. The van der Waals surface area contributed by atoms with Gasteiger partial charge in [0.15, 0.2) is 5.76 Å². The molecule has 0 aliphatic carbocycles. The van der Waals surface area contributed by atoms with Crippen LogP contribution in [0.15, 0.2) is 40.9 Å². The van der Waals surface area contributed by atoms with Crippen molar-refractivity contribution >= 4 is 29.1 Å². The molecule has 0 aliphatic rings. The molecule has 3 rings (SSSR count). The fourth-order valence-corrected chi connectivity index (χ4v) is 3.57. The number of unbranched alkanes of at least 4 members (excludes halogenated alkanes) is 2. The first kappa shape index (κ1) is 24.0. The molecule has 2 aromatic heterocycles. The molecule has 0 saturated carbocycles. The first-order valence-electron chi connectivity index (χ1n) is 10.9. The second-order valence-electron chi connectivity index (χ2n) is 7.88. The van der Waals surface area contributed by atoms with Crippen molar-refractivity contribution in [3.63, 3.8) is 0 Å². The number of rotatable bonds is 12. The summed E-state index contributed by atoms with van der Waals surface area (Å²) >= 11 is 0. The van der Waals surface area contributed by atoms with Gasteiger partial charge >= 0.3 is 0 Å². The molecule has 0 spiro atoms. The summed E-state index contributed by atoms with van der Waals surface area (Å²) in [5, 5.41) is 20.5. The SMILES string of the molecule is CCCCCC(CN(O)C=O)C(=O)NCNC(=O)c1ccc(-c2ccc3cn(C)nc3c2)o1. The van der Waals surface area contributed by atoms with Crippen LogP contribution in [0, 0.1) is 5.92 Å². The lowest BCUT2D eigenvalue weighted by Crippen LogP contribution is -2.42. The summed E-state index contributed by atoms with van der Waals surface area (Å²) in [6.45, 7) is 1.84. The Morgan fingerprint density at radius 1 is 1.24 bits per heavy atom. The zero-order chi connectivity index (χ0) is 23.8. The van der Waals surface area contributed by atoms with Gasteiger partial charge in [-0.3, -0.25) is 24.3 Å². The van der Waals surface area contributed by atoms with Gasteiger partial charge in [0.25, 0.3) is 5.91 Å². The molecule has 3 N–H and O–H groups in total. The minimum absolute atomic E-state index is 0.102. The number of hydroxylamine groups is 2. The molecular weight excluding hydrogens is 426 g/mol. The van der Waals surface area contributed by atoms with Gasteiger partial charge in [-0.2, -0.15) is 5.10 Å². The van der Waals surface area contributed by atoms with E-state index in [0.717, 1.165) is 35.7 Å². The van der Waals surface area contributed by atoms with Crippen molar-refractivity contribution in [2.75, 3.05) is 13.2 Å². The van der Waals surface area contributed by atoms with Crippen molar-refractivity contribution in [2.45, 2.75) is 32.6 Å². The van der Waals surface area contributed by atoms with Crippen LogP contribution in [0.2, 0.25) is 0 Å². The summed E-state index contributed by atoms with van der Waals surface area (Å²) in [7, 11) is 1.85. The normalized spacial score (nSPS) is 11.8. The molecule has 1 atom stereocenters. The molecule has 0 saturated heterocycles. The Morgan fingerprint density at radius 2 is 2.06 bits per heavy atom. The van der Waals surface area contributed by atoms with E-state index in [1.54, 1.807) is 16.8 Å². The lowest BCUT2D eigenvalue weighted by molar-refractivity contribution is -0.154. The van der Waals surface area contributed by atoms with Crippen LogP contribution in [0.25, 0.3) is 22.2 Å². The van der Waals surface area contributed by atoms with Crippen LogP contribution in [0.4, 0.5) is 0 Å². The van der Waals surface area contributed by atoms with Gasteiger partial charge in [0.2, 0.25) is 12.3 Å². The van der Waals surface area contributed by atoms with Gasteiger partial charge in [-0.25, -0.2) is 5.06 Å². The molecule has 0 radical (unpaired) electrons. The maximum atomic E-state index is 12.5. The van der Waals surface area contributed by atoms with Crippen LogP contribution in [-0.2, 0) is 16.6 Å². The highest BCUT2D eigenvalue weighted by atomic mass is 16.5. The van der Waals surface area contributed by atoms with Gasteiger partial charge in [-0.05, 0) is 24.6 Å². The van der Waals surface area contributed by atoms with Gasteiger partial charge in [0.05, 0.1) is 24.6 Å². The molecule has 33 heavy (non-hydrogen) atoms. The van der Waals surface area contributed by atoms with Gasteiger partial charge in [0.1, 0.15) is 5.76 Å². The third-order valence-corrected chi connectivity index (χ3v) is 5.30. The van der Waals surface area contributed by atoms with Crippen LogP contribution in [0.5, 0.6) is 0 Å². The van der Waals surface area contributed by atoms with E-state index in [9.17, 15) is 19.6 Å². The van der Waals surface area contributed by atoms with E-state index in [4.69, 9.17) is 4.42 Å². The molecule has 176 valence electrons. The average Bonchev–Trinajstić information content (AvgIpc) is 3.43. The fraction of sp³-hybridized carbons (Fsp3) is 0.391. The monoisotopic (exact) mass is 455 g/mol. The maximum absolute atomic E-state index is 12.5. The van der Waals surface area contributed by atoms with Crippen molar-refractivity contribution < 1.29 is 24.0 Å². The van der Waals surface area contributed by atoms with E-state index >= 15 is 0 Å². The maximum Gasteiger partial charge on any atom is 0.288 e. The van der Waals surface area contributed by atoms with Gasteiger partial charge < -0.3 is 15.1 Å². The van der Waals surface area contributed by atoms with Crippen molar-refractivity contribution in [1.29, 1.82) is 0 Å². The van der Waals surface area contributed by atoms with Crippen molar-refractivity contribution in [1.82, 2.24) is 25.5 Å². The summed E-state index contributed by atoms with van der Waals surface area (Å²) in [6, 6.07) is 8.99. The highest BCUT2D eigenvalue weighted by molar-refractivity contribution is 5.92. The second-order valence-corrected chi connectivity index (χ2v) is 7.88. The third-order valence-electron chi connectivity index (χ3n) is 5.30. The highest BCUT2D eigenvalue weighted by Gasteiger charge is 2.21. The summed E-state index contributed by atoms with van der Waals surface area (Å²) in [5.74, 6) is -0.747. The number of carbonyl (C=O) groups excluding carboxylic acids is 3. The number of fused-ring (bicyclic) bond motifs is 1. The Hall–Kier alpha value is -3.66. The molecule has 1 aromatic carbocycles. The summed E-state index contributed by atoms with van der Waals surface area (Å²) in [5.41, 5.74) is 1.62. The van der Waals surface area contributed by atoms with E-state index in [0.29, 0.717) is 17.2 Å². The first-order valence-corrected chi connectivity index (χ1v) is 10.9. The number of nitrogens with one attached hydrogen (secondary N) is 2. The number of aromatic nitrogens is 2. The first-order chi connectivity index (χ1) is 15.9. The Morgan fingerprint density at radius 3 is 2.82 bits per heavy atom. The van der Waals surface area contributed by atoms with E-state index in [-0.39, 0.29) is 31.3 Å². The number of hydrogen-bond donors (Lipinski definition) is 3. The van der Waals surface area contributed by atoms with Gasteiger partial charge in [-0.15, -0.1) is 0 Å². The number of amides is 3. The highest BCUT2D eigenvalue weighted by Crippen LogP contribution is 2.25. The largest absolute Gasteiger partial charge is 0.451 e. The Balaban J connectivity index is 1.54. The van der Waals surface area contributed by atoms with Crippen LogP contribution in [0.1, 0.15) is 43.2 Å². The van der Waals surface area contributed by atoms with Crippen LogP contribution < -0.4 is 10.6 Å². The summed E-state index contributed by atoms with van der Waals surface area (Å²) in [4.78, 5) is 35.6. The second kappa shape index (κ2) is 11.3. The number of hydrogen-bond acceptors (Lipinski definition) is 6. The summed E-state index contributed by atoms with van der Waals surface area (Å²) in [6.07, 6.45) is 5.44. The quantitative estimate of drug-likeness (QED) is 0.127. The van der Waals surface area contributed by atoms with Gasteiger partial charge in [-0.1, -0.05) is 38.3 Å². The van der Waals surface area contributed by atoms with E-state index in [1.807, 2.05) is 38.4 Å². The topological polar surface area (TPSA) is 130 Å². The lowest BCUT2D eigenvalue weighted by atomic mass is 10.0. The minimum Gasteiger partial charge on any atom is -0.451 e. The van der Waals surface area contributed by atoms with Crippen LogP contribution in [-0.4, -0.2) is 51.5 Å². The van der Waals surface area contributed by atoms with E-state index < -0.39 is 11.8 Å². The predicted octanol–water partition coefficient (Wildman–Crippen LogP) is 2.68. The van der Waals surface area contributed by atoms with Crippen LogP contribution in [0.3, 0.4) is 0 Å². The zero-order valence-corrected chi connectivity index (χ0v) is 18.8. The number of benzene rings is 1. The number of carbonyl (C=O) groups is 3. The predicted molar refractivity (Wildman–Crippen MR) is 121 cm³/mol. The molecule has 3 aromatic rings. The zero-order valence-electron chi connectivity index (χ0n) is 18.8. The van der Waals surface area contributed by atoms with Crippen molar-refractivity contribution in [3.8, 4) is 11.3 Å². The molecule has 3 amide bonds. The standard InChI is InChI=1S/C23H29N5O5/c1-3-4-5-6-18(13-28(32)15-29)22(30)24-14-25-23(31)21-10-9-20(33-21)16-7-8-17-12-27(2)26-19(17)11-16/h7-12,15,18,32H,3-6,13-14H2,1-2H3,(H,24,30)(H,25,31). The molecule has 0 bridgehead atoms. The molecule has 1 unspecified atom stereocenters. The summed E-state index contributed by atoms with van der Waals surface area (Å²) < 4.78 is 7.42. The van der Waals surface area contributed by atoms with E-state index in [2.05, 4.69) is 15.7 Å². The molecule has 10 nitrogen and oxygen atoms in total. The molecule has 10 heteroatoms. The smallest absolute Gasteiger partial charge is 0.288 e. The van der Waals surface area contributed by atoms with Crippen molar-refractivity contribution in [3.05, 3.63) is 42.3 Å². The van der Waals surface area contributed by atoms with Crippen molar-refractivity contribution in [2.24, 2.45) is 13.0 Å². The number of aryl methyl sites for hydroxylation is 1. The average molecular weight is 456 g/mol. The Bertz CT molecular complexity index is 1110. The lowest BCUT2D eigenvalue weighted by Gasteiger charge is -2.19. The Kier molecular flexibility index (Phi) is 8.20. The number of furan rings is 1. The van der Waals surface area contributed by atoms with E-state index in [1.165, 1.54) is 0 Å². The minimum atomic E-state index is -0.569. The molecule has 0 aliphatic heterocycles. The fourth-order valence-electron chi connectivity index (χ4n) is 3.57. The number of nitrogens with zero attached hydrogens (tertiary/aromatic N) is 3. The Labute approximate surface area is 191 Å². The molecule has 0 fully saturated rings. The van der Waals surface area contributed by atoms with Crippen LogP contribution >= 0.6 is 0 Å². The molecule has 2 heterocycles.